The maximum absolute atomic E-state index is 11.3. The molecule has 1 unspecified atom stereocenters. The average molecular weight is 249 g/mol. The number of aliphatic carboxylic acids is 1. The van der Waals surface area contributed by atoms with Gasteiger partial charge >= 0.3 is 12.1 Å². The highest BCUT2D eigenvalue weighted by molar-refractivity contribution is 7.98. The number of carboxylic acid groups (broad SMARTS) is 1. The number of carbonyl (C=O) groups excluding carboxylic acids is 1. The highest BCUT2D eigenvalue weighted by Crippen LogP contribution is 2.08. The van der Waals surface area contributed by atoms with E-state index in [1.807, 2.05) is 6.26 Å². The molecule has 1 amide bonds. The Morgan fingerprint density at radius 1 is 1.44 bits per heavy atom. The van der Waals surface area contributed by atoms with Crippen LogP contribution in [0.25, 0.3) is 0 Å². The lowest BCUT2D eigenvalue weighted by molar-refractivity contribution is -0.139. The molecule has 0 radical (unpaired) electrons. The first-order valence-electron chi connectivity index (χ1n) is 4.97. The predicted molar refractivity (Wildman–Crippen MR) is 63.8 cm³/mol. The van der Waals surface area contributed by atoms with Gasteiger partial charge in [-0.1, -0.05) is 0 Å². The van der Waals surface area contributed by atoms with Crippen molar-refractivity contribution in [3.8, 4) is 0 Å². The van der Waals surface area contributed by atoms with Crippen molar-refractivity contribution in [3.63, 3.8) is 0 Å². The van der Waals surface area contributed by atoms with E-state index < -0.39 is 23.7 Å². The Morgan fingerprint density at radius 3 is 2.38 bits per heavy atom. The summed E-state index contributed by atoms with van der Waals surface area (Å²) in [5.41, 5.74) is -0.618. The second-order valence-electron chi connectivity index (χ2n) is 4.32. The Kier molecular flexibility index (Phi) is 6.25. The van der Waals surface area contributed by atoms with E-state index >= 15 is 0 Å². The number of ether oxygens (including phenoxy) is 1. The molecule has 16 heavy (non-hydrogen) atoms. The topological polar surface area (TPSA) is 75.6 Å². The number of rotatable bonds is 5. The molecule has 0 aliphatic rings. The zero-order valence-electron chi connectivity index (χ0n) is 10.1. The molecule has 0 aliphatic carbocycles. The number of amides is 1. The van der Waals surface area contributed by atoms with Gasteiger partial charge in [0.2, 0.25) is 0 Å². The first-order valence-corrected chi connectivity index (χ1v) is 6.37. The van der Waals surface area contributed by atoms with Crippen molar-refractivity contribution in [2.24, 2.45) is 0 Å². The number of carbonyl (C=O) groups is 2. The quantitative estimate of drug-likeness (QED) is 0.776. The van der Waals surface area contributed by atoms with Crippen molar-refractivity contribution in [1.29, 1.82) is 0 Å². The van der Waals surface area contributed by atoms with Crippen LogP contribution in [0.5, 0.6) is 0 Å². The van der Waals surface area contributed by atoms with Gasteiger partial charge in [-0.3, -0.25) is 0 Å². The molecular weight excluding hydrogens is 230 g/mol. The maximum atomic E-state index is 11.3. The molecule has 94 valence electrons. The molecular formula is C10H19NO4S. The molecule has 0 bridgehead atoms. The standard InChI is InChI=1S/C10H19NO4S/c1-10(2,3)15-9(14)11-7(8(12)13)5-6-16-4/h7H,5-6H2,1-4H3,(H,11,14)(H,12,13). The highest BCUT2D eigenvalue weighted by Gasteiger charge is 2.23. The van der Waals surface area contributed by atoms with E-state index in [1.165, 1.54) is 11.8 Å². The first-order chi connectivity index (χ1) is 7.26. The van der Waals surface area contributed by atoms with Gasteiger partial charge in [0, 0.05) is 0 Å². The third-order valence-electron chi connectivity index (χ3n) is 1.60. The van der Waals surface area contributed by atoms with Crippen LogP contribution in [-0.2, 0) is 9.53 Å². The van der Waals surface area contributed by atoms with Crippen molar-refractivity contribution in [2.45, 2.75) is 38.8 Å². The normalized spacial score (nSPS) is 13.0. The van der Waals surface area contributed by atoms with Crippen LogP contribution >= 0.6 is 11.8 Å². The summed E-state index contributed by atoms with van der Waals surface area (Å²) < 4.78 is 4.98. The summed E-state index contributed by atoms with van der Waals surface area (Å²) in [6.07, 6.45) is 1.57. The van der Waals surface area contributed by atoms with Gasteiger partial charge in [0.15, 0.2) is 0 Å². The lowest BCUT2D eigenvalue weighted by Gasteiger charge is -2.21. The minimum Gasteiger partial charge on any atom is -0.480 e. The van der Waals surface area contributed by atoms with Crippen molar-refractivity contribution in [3.05, 3.63) is 0 Å². The van der Waals surface area contributed by atoms with E-state index in [-0.39, 0.29) is 0 Å². The van der Waals surface area contributed by atoms with Gasteiger partial charge in [0.05, 0.1) is 0 Å². The van der Waals surface area contributed by atoms with E-state index in [0.717, 1.165) is 0 Å². The number of nitrogens with one attached hydrogen (secondary N) is 1. The lowest BCUT2D eigenvalue weighted by atomic mass is 10.2. The number of carboxylic acids is 1. The Labute approximate surface area is 99.9 Å². The van der Waals surface area contributed by atoms with Crippen LogP contribution in [0.4, 0.5) is 4.79 Å². The highest BCUT2D eigenvalue weighted by atomic mass is 32.2. The molecule has 5 nitrogen and oxygen atoms in total. The summed E-state index contributed by atoms with van der Waals surface area (Å²) in [6.45, 7) is 5.18. The second kappa shape index (κ2) is 6.62. The smallest absolute Gasteiger partial charge is 0.408 e. The van der Waals surface area contributed by atoms with E-state index in [9.17, 15) is 9.59 Å². The zero-order valence-corrected chi connectivity index (χ0v) is 10.9. The monoisotopic (exact) mass is 249 g/mol. The maximum Gasteiger partial charge on any atom is 0.408 e. The van der Waals surface area contributed by atoms with E-state index in [0.29, 0.717) is 12.2 Å². The van der Waals surface area contributed by atoms with Crippen LogP contribution in [0.3, 0.4) is 0 Å². The second-order valence-corrected chi connectivity index (χ2v) is 5.30. The predicted octanol–water partition coefficient (Wildman–Crippen LogP) is 1.72. The molecule has 0 fully saturated rings. The van der Waals surface area contributed by atoms with Gasteiger partial charge in [-0.25, -0.2) is 9.59 Å². The SMILES string of the molecule is CSCCC(NC(=O)OC(C)(C)C)C(=O)O. The van der Waals surface area contributed by atoms with Gasteiger partial charge in [-0.05, 0) is 39.2 Å². The van der Waals surface area contributed by atoms with Gasteiger partial charge in [-0.2, -0.15) is 11.8 Å². The Morgan fingerprint density at radius 2 is 2.00 bits per heavy atom. The molecule has 0 spiro atoms. The fraction of sp³-hybridized carbons (Fsp3) is 0.800. The van der Waals surface area contributed by atoms with E-state index in [1.54, 1.807) is 20.8 Å². The van der Waals surface area contributed by atoms with Crippen molar-refractivity contribution in [2.75, 3.05) is 12.0 Å². The molecule has 0 aromatic carbocycles. The first kappa shape index (κ1) is 15.1. The van der Waals surface area contributed by atoms with Crippen LogP contribution in [0.15, 0.2) is 0 Å². The summed E-state index contributed by atoms with van der Waals surface area (Å²) >= 11 is 1.53. The number of alkyl carbamates (subject to hydrolysis) is 1. The van der Waals surface area contributed by atoms with Gasteiger partial charge in [0.25, 0.3) is 0 Å². The fourth-order valence-corrected chi connectivity index (χ4v) is 1.41. The number of hydrogen-bond acceptors (Lipinski definition) is 4. The number of hydrogen-bond donors (Lipinski definition) is 2. The molecule has 0 saturated heterocycles. The summed E-state index contributed by atoms with van der Waals surface area (Å²) in [4.78, 5) is 22.2. The fourth-order valence-electron chi connectivity index (χ4n) is 0.943. The average Bonchev–Trinajstić information content (AvgIpc) is 2.08. The largest absolute Gasteiger partial charge is 0.480 e. The van der Waals surface area contributed by atoms with Crippen molar-refractivity contribution in [1.82, 2.24) is 5.32 Å². The van der Waals surface area contributed by atoms with Crippen molar-refractivity contribution >= 4 is 23.8 Å². The zero-order chi connectivity index (χ0) is 12.8. The summed E-state index contributed by atoms with van der Waals surface area (Å²) in [6, 6.07) is -0.887. The molecule has 0 aromatic heterocycles. The van der Waals surface area contributed by atoms with E-state index in [2.05, 4.69) is 5.32 Å². The Bertz CT molecular complexity index is 250. The Balaban J connectivity index is 4.19. The molecule has 0 aliphatic heterocycles. The van der Waals surface area contributed by atoms with Crippen LogP contribution in [0.2, 0.25) is 0 Å². The summed E-state index contributed by atoms with van der Waals surface area (Å²) in [7, 11) is 0. The molecule has 0 aromatic rings. The molecule has 1 atom stereocenters. The minimum absolute atomic E-state index is 0.385. The molecule has 0 rings (SSSR count). The lowest BCUT2D eigenvalue weighted by Crippen LogP contribution is -2.43. The number of thioether (sulfide) groups is 1. The van der Waals surface area contributed by atoms with Gasteiger partial charge in [-0.15, -0.1) is 0 Å². The van der Waals surface area contributed by atoms with E-state index in [4.69, 9.17) is 9.84 Å². The summed E-state index contributed by atoms with van der Waals surface area (Å²) in [5, 5.41) is 11.2. The molecule has 0 saturated carbocycles. The van der Waals surface area contributed by atoms with Crippen LogP contribution < -0.4 is 5.32 Å². The Hall–Kier alpha value is -0.910. The molecule has 6 heteroatoms. The molecule has 2 N–H and O–H groups in total. The summed E-state index contributed by atoms with van der Waals surface area (Å²) in [5.74, 6) is -0.368. The van der Waals surface area contributed by atoms with Crippen LogP contribution in [0, 0.1) is 0 Å². The molecule has 0 heterocycles. The van der Waals surface area contributed by atoms with Crippen LogP contribution in [0.1, 0.15) is 27.2 Å². The van der Waals surface area contributed by atoms with Gasteiger partial charge in [0.1, 0.15) is 11.6 Å². The minimum atomic E-state index is -1.04. The van der Waals surface area contributed by atoms with Gasteiger partial charge < -0.3 is 15.2 Å². The third kappa shape index (κ3) is 7.39. The van der Waals surface area contributed by atoms with Crippen LogP contribution in [-0.4, -0.2) is 40.8 Å². The van der Waals surface area contributed by atoms with Crippen molar-refractivity contribution < 1.29 is 19.4 Å². The third-order valence-corrected chi connectivity index (χ3v) is 2.24.